The first-order chi connectivity index (χ1) is 9.04. The first-order valence-electron chi connectivity index (χ1n) is 5.79. The predicted octanol–water partition coefficient (Wildman–Crippen LogP) is 3.55. The average molecular weight is 260 g/mol. The third-order valence-corrected chi connectivity index (χ3v) is 2.60. The Morgan fingerprint density at radius 3 is 2.53 bits per heavy atom. The van der Waals surface area contributed by atoms with Gasteiger partial charge in [0.2, 0.25) is 0 Å². The summed E-state index contributed by atoms with van der Waals surface area (Å²) in [4.78, 5) is 10.8. The summed E-state index contributed by atoms with van der Waals surface area (Å²) in [6, 6.07) is 10.9. The van der Waals surface area contributed by atoms with Gasteiger partial charge in [0.15, 0.2) is 0 Å². The quantitative estimate of drug-likeness (QED) is 0.914. The van der Waals surface area contributed by atoms with Gasteiger partial charge in [0.05, 0.1) is 6.42 Å². The Hall–Kier alpha value is -2.36. The minimum atomic E-state index is -0.922. The number of benzene rings is 2. The third kappa shape index (κ3) is 3.55. The van der Waals surface area contributed by atoms with Gasteiger partial charge in [-0.2, -0.15) is 0 Å². The van der Waals surface area contributed by atoms with Crippen LogP contribution in [0, 0.1) is 12.7 Å². The zero-order chi connectivity index (χ0) is 13.8. The number of rotatable bonds is 4. The second kappa shape index (κ2) is 5.52. The molecule has 2 aromatic carbocycles. The molecule has 0 radical (unpaired) electrons. The normalized spacial score (nSPS) is 10.2. The van der Waals surface area contributed by atoms with Gasteiger partial charge in [0.25, 0.3) is 0 Å². The molecule has 0 amide bonds. The molecule has 1 N–H and O–H groups in total. The number of carbonyl (C=O) groups is 1. The van der Waals surface area contributed by atoms with Crippen LogP contribution in [0.1, 0.15) is 11.1 Å². The Morgan fingerprint density at radius 2 is 1.89 bits per heavy atom. The fourth-order valence-electron chi connectivity index (χ4n) is 1.74. The van der Waals surface area contributed by atoms with Crippen molar-refractivity contribution < 1.29 is 19.0 Å². The standard InChI is InChI=1S/C15H13FO3/c1-10-2-7-14(11(8-10)9-15(17)18)19-13-5-3-12(16)4-6-13/h2-8H,9H2,1H3,(H,17,18). The summed E-state index contributed by atoms with van der Waals surface area (Å²) in [5.74, 6) is -0.326. The summed E-state index contributed by atoms with van der Waals surface area (Å²) in [5, 5.41) is 8.88. The number of halogens is 1. The van der Waals surface area contributed by atoms with Gasteiger partial charge in [0, 0.05) is 5.56 Å². The maximum absolute atomic E-state index is 12.8. The van der Waals surface area contributed by atoms with Crippen LogP contribution in [0.3, 0.4) is 0 Å². The highest BCUT2D eigenvalue weighted by molar-refractivity contribution is 5.71. The SMILES string of the molecule is Cc1ccc(Oc2ccc(F)cc2)c(CC(=O)O)c1. The maximum Gasteiger partial charge on any atom is 0.307 e. The molecular weight excluding hydrogens is 247 g/mol. The molecule has 3 nitrogen and oxygen atoms in total. The van der Waals surface area contributed by atoms with Crippen molar-refractivity contribution in [2.24, 2.45) is 0 Å². The molecule has 98 valence electrons. The van der Waals surface area contributed by atoms with E-state index in [0.717, 1.165) is 5.56 Å². The van der Waals surface area contributed by atoms with Crippen molar-refractivity contribution in [3.8, 4) is 11.5 Å². The smallest absolute Gasteiger partial charge is 0.307 e. The third-order valence-electron chi connectivity index (χ3n) is 2.60. The largest absolute Gasteiger partial charge is 0.481 e. The summed E-state index contributed by atoms with van der Waals surface area (Å²) in [5.41, 5.74) is 1.56. The maximum atomic E-state index is 12.8. The molecular formula is C15H13FO3. The Morgan fingerprint density at radius 1 is 1.21 bits per heavy atom. The second-order valence-electron chi connectivity index (χ2n) is 4.24. The van der Waals surface area contributed by atoms with Crippen LogP contribution in [0.4, 0.5) is 4.39 Å². The molecule has 4 heteroatoms. The molecule has 2 aromatic rings. The molecule has 0 aliphatic heterocycles. The minimum Gasteiger partial charge on any atom is -0.481 e. The summed E-state index contributed by atoms with van der Waals surface area (Å²) >= 11 is 0. The fraction of sp³-hybridized carbons (Fsp3) is 0.133. The molecule has 0 saturated carbocycles. The van der Waals surface area contributed by atoms with Gasteiger partial charge < -0.3 is 9.84 Å². The fourth-order valence-corrected chi connectivity index (χ4v) is 1.74. The lowest BCUT2D eigenvalue weighted by molar-refractivity contribution is -0.136. The van der Waals surface area contributed by atoms with Crippen LogP contribution >= 0.6 is 0 Å². The highest BCUT2D eigenvalue weighted by atomic mass is 19.1. The zero-order valence-electron chi connectivity index (χ0n) is 10.4. The second-order valence-corrected chi connectivity index (χ2v) is 4.24. The lowest BCUT2D eigenvalue weighted by Crippen LogP contribution is -2.02. The topological polar surface area (TPSA) is 46.5 Å². The van der Waals surface area contributed by atoms with Crippen molar-refractivity contribution in [1.29, 1.82) is 0 Å². The van der Waals surface area contributed by atoms with E-state index in [2.05, 4.69) is 0 Å². The zero-order valence-corrected chi connectivity index (χ0v) is 10.4. The summed E-state index contributed by atoms with van der Waals surface area (Å²) < 4.78 is 18.4. The van der Waals surface area contributed by atoms with E-state index in [1.165, 1.54) is 24.3 Å². The summed E-state index contributed by atoms with van der Waals surface area (Å²) in [7, 11) is 0. The van der Waals surface area contributed by atoms with Crippen molar-refractivity contribution in [2.45, 2.75) is 13.3 Å². The molecule has 0 atom stereocenters. The molecule has 0 fully saturated rings. The number of carboxylic acid groups (broad SMARTS) is 1. The van der Waals surface area contributed by atoms with E-state index < -0.39 is 5.97 Å². The van der Waals surface area contributed by atoms with Gasteiger partial charge >= 0.3 is 5.97 Å². The Labute approximate surface area is 110 Å². The molecule has 0 saturated heterocycles. The summed E-state index contributed by atoms with van der Waals surface area (Å²) in [6.45, 7) is 1.88. The van der Waals surface area contributed by atoms with Crippen molar-refractivity contribution >= 4 is 5.97 Å². The Balaban J connectivity index is 2.28. The van der Waals surface area contributed by atoms with E-state index in [-0.39, 0.29) is 12.2 Å². The van der Waals surface area contributed by atoms with E-state index in [4.69, 9.17) is 9.84 Å². The van der Waals surface area contributed by atoms with Gasteiger partial charge in [-0.3, -0.25) is 4.79 Å². The van der Waals surface area contributed by atoms with Crippen LogP contribution in [0.5, 0.6) is 11.5 Å². The van der Waals surface area contributed by atoms with Crippen molar-refractivity contribution in [1.82, 2.24) is 0 Å². The van der Waals surface area contributed by atoms with Crippen molar-refractivity contribution in [2.75, 3.05) is 0 Å². The predicted molar refractivity (Wildman–Crippen MR) is 69.0 cm³/mol. The van der Waals surface area contributed by atoms with Gasteiger partial charge in [-0.25, -0.2) is 4.39 Å². The van der Waals surface area contributed by atoms with Gasteiger partial charge in [-0.05, 0) is 37.3 Å². The number of aliphatic carboxylic acids is 1. The molecule has 0 aliphatic carbocycles. The lowest BCUT2D eigenvalue weighted by atomic mass is 10.1. The molecule has 0 aliphatic rings. The molecule has 19 heavy (non-hydrogen) atoms. The Bertz CT molecular complexity index is 591. The van der Waals surface area contributed by atoms with E-state index in [0.29, 0.717) is 17.1 Å². The minimum absolute atomic E-state index is 0.113. The molecule has 0 bridgehead atoms. The number of aryl methyl sites for hydroxylation is 1. The number of hydrogen-bond acceptors (Lipinski definition) is 2. The van der Waals surface area contributed by atoms with E-state index >= 15 is 0 Å². The first kappa shape index (κ1) is 13.1. The van der Waals surface area contributed by atoms with Gasteiger partial charge in [-0.15, -0.1) is 0 Å². The molecule has 0 spiro atoms. The van der Waals surface area contributed by atoms with Gasteiger partial charge in [-0.1, -0.05) is 17.7 Å². The van der Waals surface area contributed by atoms with Crippen molar-refractivity contribution in [3.63, 3.8) is 0 Å². The van der Waals surface area contributed by atoms with E-state index in [1.807, 2.05) is 13.0 Å². The number of carboxylic acids is 1. The van der Waals surface area contributed by atoms with Crippen LogP contribution in [-0.4, -0.2) is 11.1 Å². The molecule has 2 rings (SSSR count). The Kier molecular flexibility index (Phi) is 3.80. The van der Waals surface area contributed by atoms with E-state index in [9.17, 15) is 9.18 Å². The lowest BCUT2D eigenvalue weighted by Gasteiger charge is -2.10. The van der Waals surface area contributed by atoms with Crippen LogP contribution in [0.25, 0.3) is 0 Å². The molecule has 0 aromatic heterocycles. The highest BCUT2D eigenvalue weighted by Gasteiger charge is 2.09. The monoisotopic (exact) mass is 260 g/mol. The summed E-state index contributed by atoms with van der Waals surface area (Å²) in [6.07, 6.45) is -0.113. The molecule has 0 heterocycles. The van der Waals surface area contributed by atoms with Crippen LogP contribution in [0.15, 0.2) is 42.5 Å². The van der Waals surface area contributed by atoms with Crippen LogP contribution in [0.2, 0.25) is 0 Å². The van der Waals surface area contributed by atoms with Crippen LogP contribution < -0.4 is 4.74 Å². The van der Waals surface area contributed by atoms with Crippen molar-refractivity contribution in [3.05, 3.63) is 59.4 Å². The first-order valence-corrected chi connectivity index (χ1v) is 5.79. The number of hydrogen-bond donors (Lipinski definition) is 1. The van der Waals surface area contributed by atoms with E-state index in [1.54, 1.807) is 12.1 Å². The van der Waals surface area contributed by atoms with Crippen LogP contribution in [-0.2, 0) is 11.2 Å². The highest BCUT2D eigenvalue weighted by Crippen LogP contribution is 2.26. The molecule has 0 unspecified atom stereocenters. The average Bonchev–Trinajstić information content (AvgIpc) is 2.34. The van der Waals surface area contributed by atoms with Gasteiger partial charge in [0.1, 0.15) is 17.3 Å². The number of ether oxygens (including phenoxy) is 1.